The molecule has 2 aliphatic heterocycles. The summed E-state index contributed by atoms with van der Waals surface area (Å²) >= 11 is 0. The van der Waals surface area contributed by atoms with Gasteiger partial charge < -0.3 is 14.8 Å². The highest BCUT2D eigenvalue weighted by atomic mass is 16.7. The Hall–Kier alpha value is -0.900. The number of benzene rings is 1. The largest absolute Gasteiger partial charge is 0.350 e. The SMILES string of the molecule is c1ccc(C[C@@H]2OC[C@H]([C@H]3CCCCN3)O2)cc1. The normalized spacial score (nSPS) is 32.6. The molecule has 1 aromatic carbocycles. The van der Waals surface area contributed by atoms with E-state index >= 15 is 0 Å². The average Bonchev–Trinajstić information content (AvgIpc) is 2.89. The summed E-state index contributed by atoms with van der Waals surface area (Å²) in [5.41, 5.74) is 1.28. The molecule has 0 unspecified atom stereocenters. The van der Waals surface area contributed by atoms with Gasteiger partial charge in [0.25, 0.3) is 0 Å². The number of hydrogen-bond acceptors (Lipinski definition) is 3. The lowest BCUT2D eigenvalue weighted by Crippen LogP contribution is -2.44. The van der Waals surface area contributed by atoms with Crippen molar-refractivity contribution in [2.75, 3.05) is 13.2 Å². The van der Waals surface area contributed by atoms with Gasteiger partial charge in [0, 0.05) is 12.5 Å². The van der Waals surface area contributed by atoms with Crippen molar-refractivity contribution in [1.82, 2.24) is 5.32 Å². The Balaban J connectivity index is 1.52. The van der Waals surface area contributed by atoms with Gasteiger partial charge in [0.15, 0.2) is 6.29 Å². The van der Waals surface area contributed by atoms with Crippen LogP contribution in [-0.2, 0) is 15.9 Å². The van der Waals surface area contributed by atoms with Gasteiger partial charge in [0.1, 0.15) is 0 Å². The summed E-state index contributed by atoms with van der Waals surface area (Å²) in [7, 11) is 0. The van der Waals surface area contributed by atoms with E-state index in [1.807, 2.05) is 6.07 Å². The lowest BCUT2D eigenvalue weighted by molar-refractivity contribution is -0.0625. The molecule has 3 atom stereocenters. The van der Waals surface area contributed by atoms with Crippen LogP contribution < -0.4 is 5.32 Å². The van der Waals surface area contributed by atoms with E-state index in [1.165, 1.54) is 24.8 Å². The number of ether oxygens (including phenoxy) is 2. The molecule has 2 heterocycles. The van der Waals surface area contributed by atoms with Crippen molar-refractivity contribution in [1.29, 1.82) is 0 Å². The van der Waals surface area contributed by atoms with Gasteiger partial charge in [-0.25, -0.2) is 0 Å². The van der Waals surface area contributed by atoms with E-state index in [1.54, 1.807) is 0 Å². The minimum absolute atomic E-state index is 0.0684. The lowest BCUT2D eigenvalue weighted by Gasteiger charge is -2.27. The van der Waals surface area contributed by atoms with Gasteiger partial charge in [0.05, 0.1) is 12.7 Å². The molecule has 0 bridgehead atoms. The maximum atomic E-state index is 6.02. The molecule has 1 aromatic rings. The molecule has 0 aliphatic carbocycles. The Labute approximate surface area is 108 Å². The molecular weight excluding hydrogens is 226 g/mol. The van der Waals surface area contributed by atoms with Gasteiger partial charge in [-0.15, -0.1) is 0 Å². The molecule has 0 amide bonds. The number of piperidine rings is 1. The summed E-state index contributed by atoms with van der Waals surface area (Å²) in [5, 5.41) is 3.54. The van der Waals surface area contributed by atoms with E-state index < -0.39 is 0 Å². The summed E-state index contributed by atoms with van der Waals surface area (Å²) in [6.07, 6.45) is 4.83. The zero-order valence-electron chi connectivity index (χ0n) is 10.7. The molecule has 1 N–H and O–H groups in total. The summed E-state index contributed by atoms with van der Waals surface area (Å²) < 4.78 is 11.8. The van der Waals surface area contributed by atoms with Crippen LogP contribution in [-0.4, -0.2) is 31.6 Å². The highest BCUT2D eigenvalue weighted by Gasteiger charge is 2.32. The Kier molecular flexibility index (Phi) is 3.93. The van der Waals surface area contributed by atoms with E-state index in [9.17, 15) is 0 Å². The van der Waals surface area contributed by atoms with Crippen LogP contribution in [0, 0.1) is 0 Å². The van der Waals surface area contributed by atoms with Crippen molar-refractivity contribution in [2.45, 2.75) is 44.1 Å². The fraction of sp³-hybridized carbons (Fsp3) is 0.600. The topological polar surface area (TPSA) is 30.5 Å². The highest BCUT2D eigenvalue weighted by Crippen LogP contribution is 2.22. The fourth-order valence-corrected chi connectivity index (χ4v) is 2.80. The predicted octanol–water partition coefficient (Wildman–Crippen LogP) is 2.11. The molecule has 3 nitrogen and oxygen atoms in total. The van der Waals surface area contributed by atoms with Crippen molar-refractivity contribution in [3.05, 3.63) is 35.9 Å². The Bertz CT molecular complexity index is 362. The zero-order valence-corrected chi connectivity index (χ0v) is 10.7. The van der Waals surface area contributed by atoms with Crippen LogP contribution >= 0.6 is 0 Å². The van der Waals surface area contributed by atoms with Crippen LogP contribution in [0.25, 0.3) is 0 Å². The molecular formula is C15H21NO2. The first-order chi connectivity index (χ1) is 8.92. The van der Waals surface area contributed by atoms with Crippen molar-refractivity contribution < 1.29 is 9.47 Å². The van der Waals surface area contributed by atoms with Gasteiger partial charge in [-0.1, -0.05) is 36.8 Å². The Morgan fingerprint density at radius 1 is 1.17 bits per heavy atom. The molecule has 2 saturated heterocycles. The number of nitrogens with one attached hydrogen (secondary N) is 1. The van der Waals surface area contributed by atoms with Gasteiger partial charge in [-0.2, -0.15) is 0 Å². The first kappa shape index (κ1) is 12.2. The lowest BCUT2D eigenvalue weighted by atomic mass is 10.0. The second-order valence-corrected chi connectivity index (χ2v) is 5.18. The monoisotopic (exact) mass is 247 g/mol. The maximum Gasteiger partial charge on any atom is 0.162 e. The second kappa shape index (κ2) is 5.83. The summed E-state index contributed by atoms with van der Waals surface area (Å²) in [5.74, 6) is 0. The summed E-state index contributed by atoms with van der Waals surface area (Å²) in [6.45, 7) is 1.85. The second-order valence-electron chi connectivity index (χ2n) is 5.18. The van der Waals surface area contributed by atoms with E-state index in [2.05, 4.69) is 29.6 Å². The Morgan fingerprint density at radius 2 is 2.06 bits per heavy atom. The van der Waals surface area contributed by atoms with Gasteiger partial charge >= 0.3 is 0 Å². The van der Waals surface area contributed by atoms with E-state index in [0.717, 1.165) is 19.6 Å². The smallest absolute Gasteiger partial charge is 0.162 e. The van der Waals surface area contributed by atoms with Crippen LogP contribution in [0.5, 0.6) is 0 Å². The minimum Gasteiger partial charge on any atom is -0.350 e. The van der Waals surface area contributed by atoms with Crippen molar-refractivity contribution in [3.8, 4) is 0 Å². The number of rotatable bonds is 3. The van der Waals surface area contributed by atoms with E-state index in [0.29, 0.717) is 6.04 Å². The molecule has 18 heavy (non-hydrogen) atoms. The third-order valence-corrected chi connectivity index (χ3v) is 3.82. The molecule has 0 aromatic heterocycles. The van der Waals surface area contributed by atoms with Gasteiger partial charge in [0.2, 0.25) is 0 Å². The average molecular weight is 247 g/mol. The van der Waals surface area contributed by atoms with Crippen LogP contribution in [0.15, 0.2) is 30.3 Å². The van der Waals surface area contributed by atoms with Crippen molar-refractivity contribution in [2.24, 2.45) is 0 Å². The molecule has 2 aliphatic rings. The molecule has 0 spiro atoms. The molecule has 0 radical (unpaired) electrons. The molecule has 98 valence electrons. The van der Waals surface area contributed by atoms with Crippen LogP contribution in [0.3, 0.4) is 0 Å². The quantitative estimate of drug-likeness (QED) is 0.887. The molecule has 2 fully saturated rings. The highest BCUT2D eigenvalue weighted by molar-refractivity contribution is 5.15. The van der Waals surface area contributed by atoms with Crippen molar-refractivity contribution >= 4 is 0 Å². The Morgan fingerprint density at radius 3 is 2.83 bits per heavy atom. The van der Waals surface area contributed by atoms with Gasteiger partial charge in [-0.3, -0.25) is 0 Å². The van der Waals surface area contributed by atoms with Crippen LogP contribution in [0.1, 0.15) is 24.8 Å². The van der Waals surface area contributed by atoms with Crippen molar-refractivity contribution in [3.63, 3.8) is 0 Å². The van der Waals surface area contributed by atoms with Crippen LogP contribution in [0.2, 0.25) is 0 Å². The maximum absolute atomic E-state index is 6.02. The number of hydrogen-bond donors (Lipinski definition) is 1. The predicted molar refractivity (Wildman–Crippen MR) is 70.4 cm³/mol. The summed E-state index contributed by atoms with van der Waals surface area (Å²) in [6, 6.07) is 10.9. The standard InChI is InChI=1S/C15H21NO2/c1-2-6-12(7-3-1)10-15-17-11-14(18-15)13-8-4-5-9-16-13/h1-3,6-7,13-16H,4-5,8-11H2/t13-,14-,15-/m1/s1. The van der Waals surface area contributed by atoms with E-state index in [-0.39, 0.29) is 12.4 Å². The summed E-state index contributed by atoms with van der Waals surface area (Å²) in [4.78, 5) is 0. The third-order valence-electron chi connectivity index (χ3n) is 3.82. The molecule has 3 rings (SSSR count). The first-order valence-corrected chi connectivity index (χ1v) is 6.96. The van der Waals surface area contributed by atoms with Crippen LogP contribution in [0.4, 0.5) is 0 Å². The van der Waals surface area contributed by atoms with E-state index in [4.69, 9.17) is 9.47 Å². The minimum atomic E-state index is -0.0684. The fourth-order valence-electron chi connectivity index (χ4n) is 2.80. The zero-order chi connectivity index (χ0) is 12.2. The molecule has 0 saturated carbocycles. The first-order valence-electron chi connectivity index (χ1n) is 6.96. The molecule has 3 heteroatoms. The van der Waals surface area contributed by atoms with Gasteiger partial charge in [-0.05, 0) is 24.9 Å². The third kappa shape index (κ3) is 2.91.